The standard InChI is InChI=1S/C23H25F3N4O/c1-2-3-4-10-15-31-20-14-9-8-13-19(20)29-21-18(23(24,25)26)16-27-22(30-21)28-17-11-6-5-7-12-17/h5-9,11-14,16H,2-4,10,15H2,1H3,(H2,27,28,29,30). The summed E-state index contributed by atoms with van der Waals surface area (Å²) in [6.07, 6.45) is 0.333. The molecule has 0 atom stereocenters. The smallest absolute Gasteiger partial charge is 0.421 e. The minimum Gasteiger partial charge on any atom is -0.491 e. The maximum absolute atomic E-state index is 13.6. The number of alkyl halides is 3. The number of halogens is 3. The quantitative estimate of drug-likeness (QED) is 0.341. The maximum atomic E-state index is 13.6. The first-order valence-electron chi connectivity index (χ1n) is 10.2. The van der Waals surface area contributed by atoms with Gasteiger partial charge in [0.25, 0.3) is 0 Å². The van der Waals surface area contributed by atoms with E-state index in [1.54, 1.807) is 48.5 Å². The second-order valence-corrected chi connectivity index (χ2v) is 6.97. The zero-order chi connectivity index (χ0) is 22.1. The van der Waals surface area contributed by atoms with Crippen molar-refractivity contribution < 1.29 is 17.9 Å². The topological polar surface area (TPSA) is 59.1 Å². The van der Waals surface area contributed by atoms with Crippen LogP contribution in [0.5, 0.6) is 5.75 Å². The zero-order valence-corrected chi connectivity index (χ0v) is 17.2. The number of hydrogen-bond donors (Lipinski definition) is 2. The van der Waals surface area contributed by atoms with Gasteiger partial charge in [-0.3, -0.25) is 0 Å². The first-order valence-corrected chi connectivity index (χ1v) is 10.2. The summed E-state index contributed by atoms with van der Waals surface area (Å²) in [7, 11) is 0. The van der Waals surface area contributed by atoms with Crippen LogP contribution in [-0.4, -0.2) is 16.6 Å². The molecule has 0 saturated carbocycles. The molecule has 2 aromatic carbocycles. The lowest BCUT2D eigenvalue weighted by atomic mass is 10.2. The average molecular weight is 430 g/mol. The molecule has 31 heavy (non-hydrogen) atoms. The van der Waals surface area contributed by atoms with Gasteiger partial charge in [-0.05, 0) is 30.7 Å². The number of benzene rings is 2. The number of anilines is 4. The molecule has 0 bridgehead atoms. The SMILES string of the molecule is CCCCCCOc1ccccc1Nc1nc(Nc2ccccc2)ncc1C(F)(F)F. The Morgan fingerprint density at radius 3 is 2.39 bits per heavy atom. The highest BCUT2D eigenvalue weighted by atomic mass is 19.4. The minimum atomic E-state index is -4.61. The molecule has 164 valence electrons. The summed E-state index contributed by atoms with van der Waals surface area (Å²) in [6, 6.07) is 15.9. The Labute approximate surface area is 179 Å². The van der Waals surface area contributed by atoms with E-state index in [2.05, 4.69) is 27.5 Å². The lowest BCUT2D eigenvalue weighted by Crippen LogP contribution is -2.13. The summed E-state index contributed by atoms with van der Waals surface area (Å²) >= 11 is 0. The van der Waals surface area contributed by atoms with Gasteiger partial charge in [-0.2, -0.15) is 18.2 Å². The third-order valence-electron chi connectivity index (χ3n) is 4.52. The number of ether oxygens (including phenoxy) is 1. The van der Waals surface area contributed by atoms with Gasteiger partial charge in [-0.1, -0.05) is 56.5 Å². The summed E-state index contributed by atoms with van der Waals surface area (Å²) in [5, 5.41) is 5.71. The van der Waals surface area contributed by atoms with Crippen LogP contribution in [0.3, 0.4) is 0 Å². The van der Waals surface area contributed by atoms with Gasteiger partial charge < -0.3 is 15.4 Å². The number of rotatable bonds is 10. The fourth-order valence-corrected chi connectivity index (χ4v) is 2.93. The maximum Gasteiger partial charge on any atom is 0.421 e. The Hall–Kier alpha value is -3.29. The first-order chi connectivity index (χ1) is 15.0. The van der Waals surface area contributed by atoms with E-state index in [0.29, 0.717) is 23.7 Å². The van der Waals surface area contributed by atoms with Crippen LogP contribution in [0.25, 0.3) is 0 Å². The van der Waals surface area contributed by atoms with Crippen LogP contribution >= 0.6 is 0 Å². The van der Waals surface area contributed by atoms with Crippen LogP contribution in [0.15, 0.2) is 60.8 Å². The normalized spacial score (nSPS) is 11.2. The van der Waals surface area contributed by atoms with Gasteiger partial charge in [0.1, 0.15) is 17.1 Å². The molecule has 0 unspecified atom stereocenters. The van der Waals surface area contributed by atoms with Gasteiger partial charge in [0.05, 0.1) is 12.3 Å². The minimum absolute atomic E-state index is 0.0552. The Bertz CT molecular complexity index is 965. The number of unbranched alkanes of at least 4 members (excludes halogenated alkanes) is 3. The molecule has 0 amide bonds. The van der Waals surface area contributed by atoms with Gasteiger partial charge in [0.2, 0.25) is 5.95 Å². The zero-order valence-electron chi connectivity index (χ0n) is 17.2. The Balaban J connectivity index is 1.83. The molecule has 0 aliphatic heterocycles. The monoisotopic (exact) mass is 430 g/mol. The van der Waals surface area contributed by atoms with E-state index in [9.17, 15) is 13.2 Å². The molecule has 1 aromatic heterocycles. The van der Waals surface area contributed by atoms with Crippen molar-refractivity contribution in [3.05, 3.63) is 66.4 Å². The van der Waals surface area contributed by atoms with Gasteiger partial charge in [0.15, 0.2) is 0 Å². The van der Waals surface area contributed by atoms with Gasteiger partial charge in [-0.15, -0.1) is 0 Å². The van der Waals surface area contributed by atoms with E-state index in [1.807, 2.05) is 6.07 Å². The number of hydrogen-bond acceptors (Lipinski definition) is 5. The molecule has 2 N–H and O–H groups in total. The summed E-state index contributed by atoms with van der Waals surface area (Å²) in [6.45, 7) is 2.62. The second kappa shape index (κ2) is 10.7. The van der Waals surface area contributed by atoms with Crippen molar-refractivity contribution in [2.24, 2.45) is 0 Å². The van der Waals surface area contributed by atoms with Gasteiger partial charge in [-0.25, -0.2) is 4.98 Å². The molecule has 0 aliphatic carbocycles. The van der Waals surface area contributed by atoms with Crippen LogP contribution in [0.4, 0.5) is 36.3 Å². The van der Waals surface area contributed by atoms with E-state index >= 15 is 0 Å². The van der Waals surface area contributed by atoms with Gasteiger partial charge in [0, 0.05) is 11.9 Å². The van der Waals surface area contributed by atoms with Crippen LogP contribution in [0.1, 0.15) is 38.2 Å². The third kappa shape index (κ3) is 6.60. The number of nitrogens with zero attached hydrogens (tertiary/aromatic N) is 2. The lowest BCUT2D eigenvalue weighted by molar-refractivity contribution is -0.137. The van der Waals surface area contributed by atoms with E-state index in [0.717, 1.165) is 31.9 Å². The molecule has 0 spiro atoms. The molecule has 5 nitrogen and oxygen atoms in total. The summed E-state index contributed by atoms with van der Waals surface area (Å²) in [5.74, 6) is 0.186. The van der Waals surface area contributed by atoms with Crippen molar-refractivity contribution in [2.75, 3.05) is 17.2 Å². The number of nitrogens with one attached hydrogen (secondary N) is 2. The molecular weight excluding hydrogens is 405 g/mol. The summed E-state index contributed by atoms with van der Waals surface area (Å²) in [5.41, 5.74) is 0.126. The van der Waals surface area contributed by atoms with Crippen LogP contribution in [0.2, 0.25) is 0 Å². The van der Waals surface area contributed by atoms with E-state index in [4.69, 9.17) is 4.74 Å². The van der Waals surface area contributed by atoms with Crippen molar-refractivity contribution in [3.63, 3.8) is 0 Å². The average Bonchev–Trinajstić information content (AvgIpc) is 2.75. The third-order valence-corrected chi connectivity index (χ3v) is 4.52. The van der Waals surface area contributed by atoms with E-state index in [1.165, 1.54) is 0 Å². The molecule has 0 fully saturated rings. The van der Waals surface area contributed by atoms with E-state index in [-0.39, 0.29) is 11.8 Å². The summed E-state index contributed by atoms with van der Waals surface area (Å²) in [4.78, 5) is 7.91. The molecule has 0 saturated heterocycles. The predicted octanol–water partition coefficient (Wildman–Crippen LogP) is 6.94. The Morgan fingerprint density at radius 2 is 1.65 bits per heavy atom. The highest BCUT2D eigenvalue weighted by molar-refractivity contribution is 5.67. The largest absolute Gasteiger partial charge is 0.491 e. The molecule has 0 aliphatic rings. The van der Waals surface area contributed by atoms with Crippen LogP contribution in [-0.2, 0) is 6.18 Å². The summed E-state index contributed by atoms with van der Waals surface area (Å²) < 4.78 is 46.5. The fourth-order valence-electron chi connectivity index (χ4n) is 2.93. The van der Waals surface area contributed by atoms with Crippen molar-refractivity contribution in [1.82, 2.24) is 9.97 Å². The molecule has 3 rings (SSSR count). The fraction of sp³-hybridized carbons (Fsp3) is 0.304. The van der Waals surface area contributed by atoms with Crippen LogP contribution in [0, 0.1) is 0 Å². The molecule has 8 heteroatoms. The van der Waals surface area contributed by atoms with E-state index < -0.39 is 11.7 Å². The highest BCUT2D eigenvalue weighted by Gasteiger charge is 2.35. The Kier molecular flexibility index (Phi) is 7.70. The van der Waals surface area contributed by atoms with Gasteiger partial charge >= 0.3 is 6.18 Å². The van der Waals surface area contributed by atoms with Crippen molar-refractivity contribution in [1.29, 1.82) is 0 Å². The van der Waals surface area contributed by atoms with Crippen molar-refractivity contribution >= 4 is 23.1 Å². The Morgan fingerprint density at radius 1 is 0.903 bits per heavy atom. The van der Waals surface area contributed by atoms with Crippen LogP contribution < -0.4 is 15.4 Å². The second-order valence-electron chi connectivity index (χ2n) is 6.97. The number of aromatic nitrogens is 2. The predicted molar refractivity (Wildman–Crippen MR) is 116 cm³/mol. The number of para-hydroxylation sites is 3. The highest BCUT2D eigenvalue weighted by Crippen LogP contribution is 2.37. The molecule has 0 radical (unpaired) electrons. The molecule has 1 heterocycles. The lowest BCUT2D eigenvalue weighted by Gasteiger charge is -2.17. The van der Waals surface area contributed by atoms with Crippen molar-refractivity contribution in [3.8, 4) is 5.75 Å². The first kappa shape index (κ1) is 22.4. The molecular formula is C23H25F3N4O. The van der Waals surface area contributed by atoms with Crippen molar-refractivity contribution in [2.45, 2.75) is 38.8 Å². The molecule has 3 aromatic rings.